The van der Waals surface area contributed by atoms with E-state index < -0.39 is 0 Å². The number of hydrogen-bond donors (Lipinski definition) is 2. The van der Waals surface area contributed by atoms with Gasteiger partial charge in [-0.05, 0) is 49.3 Å². The van der Waals surface area contributed by atoms with Gasteiger partial charge in [-0.1, -0.05) is 36.4 Å². The molecule has 0 unspecified atom stereocenters. The number of methoxy groups -OCH3 is 1. The highest BCUT2D eigenvalue weighted by Gasteiger charge is 2.23. The smallest absolute Gasteiger partial charge is 0.319 e. The maximum absolute atomic E-state index is 12.2. The molecule has 0 bridgehead atoms. The second-order valence-electron chi connectivity index (χ2n) is 6.29. The van der Waals surface area contributed by atoms with Crippen molar-refractivity contribution in [2.45, 2.75) is 37.6 Å². The summed E-state index contributed by atoms with van der Waals surface area (Å²) in [7, 11) is 1.62. The van der Waals surface area contributed by atoms with Gasteiger partial charge in [0.25, 0.3) is 0 Å². The molecular weight excluding hydrogens is 300 g/mol. The molecule has 4 nitrogen and oxygen atoms in total. The van der Waals surface area contributed by atoms with Crippen LogP contribution >= 0.6 is 0 Å². The molecule has 0 saturated heterocycles. The molecule has 126 valence electrons. The normalized spacial score (nSPS) is 20.2. The second kappa shape index (κ2) is 7.86. The van der Waals surface area contributed by atoms with Crippen LogP contribution in [0.1, 0.15) is 37.2 Å². The predicted octanol–water partition coefficient (Wildman–Crippen LogP) is 4.54. The molecule has 0 spiro atoms. The number of anilines is 1. The molecule has 0 atom stereocenters. The number of carbonyl (C=O) groups excluding carboxylic acids is 1. The van der Waals surface area contributed by atoms with Crippen molar-refractivity contribution < 1.29 is 9.53 Å². The van der Waals surface area contributed by atoms with Gasteiger partial charge in [-0.15, -0.1) is 0 Å². The van der Waals surface area contributed by atoms with Crippen LogP contribution in [0.5, 0.6) is 5.75 Å². The molecule has 2 aromatic rings. The van der Waals surface area contributed by atoms with Crippen LogP contribution in [0.4, 0.5) is 10.5 Å². The first-order valence-corrected chi connectivity index (χ1v) is 8.51. The van der Waals surface area contributed by atoms with Crippen LogP contribution in [0.3, 0.4) is 0 Å². The van der Waals surface area contributed by atoms with Crippen molar-refractivity contribution in [3.63, 3.8) is 0 Å². The van der Waals surface area contributed by atoms with Gasteiger partial charge < -0.3 is 15.4 Å². The van der Waals surface area contributed by atoms with Crippen LogP contribution in [-0.4, -0.2) is 19.2 Å². The Labute approximate surface area is 143 Å². The molecule has 3 rings (SSSR count). The predicted molar refractivity (Wildman–Crippen MR) is 96.6 cm³/mol. The van der Waals surface area contributed by atoms with Gasteiger partial charge in [0.2, 0.25) is 0 Å². The van der Waals surface area contributed by atoms with Crippen LogP contribution in [0.2, 0.25) is 0 Å². The minimum atomic E-state index is -0.147. The number of carbonyl (C=O) groups is 1. The standard InChI is InChI=1S/C20H24N2O2/c1-24-19-9-5-8-18(14-19)22-20(23)21-17-12-10-16(11-13-17)15-6-3-2-4-7-15/h2-9,14,16-17H,10-13H2,1H3,(H2,21,22,23). The summed E-state index contributed by atoms with van der Waals surface area (Å²) < 4.78 is 5.17. The van der Waals surface area contributed by atoms with E-state index in [-0.39, 0.29) is 12.1 Å². The maximum Gasteiger partial charge on any atom is 0.319 e. The van der Waals surface area contributed by atoms with E-state index in [1.54, 1.807) is 7.11 Å². The van der Waals surface area contributed by atoms with E-state index in [1.165, 1.54) is 5.56 Å². The topological polar surface area (TPSA) is 50.4 Å². The lowest BCUT2D eigenvalue weighted by atomic mass is 9.82. The van der Waals surface area contributed by atoms with Crippen molar-refractivity contribution in [2.24, 2.45) is 0 Å². The molecule has 4 heteroatoms. The average molecular weight is 324 g/mol. The van der Waals surface area contributed by atoms with Crippen molar-refractivity contribution in [2.75, 3.05) is 12.4 Å². The summed E-state index contributed by atoms with van der Waals surface area (Å²) >= 11 is 0. The monoisotopic (exact) mass is 324 g/mol. The average Bonchev–Trinajstić information content (AvgIpc) is 2.63. The van der Waals surface area contributed by atoms with Gasteiger partial charge in [0, 0.05) is 17.8 Å². The largest absolute Gasteiger partial charge is 0.497 e. The fourth-order valence-electron chi connectivity index (χ4n) is 3.35. The number of amides is 2. The van der Waals surface area contributed by atoms with Crippen molar-refractivity contribution in [3.05, 3.63) is 60.2 Å². The summed E-state index contributed by atoms with van der Waals surface area (Å²) in [4.78, 5) is 12.2. The molecule has 0 heterocycles. The van der Waals surface area contributed by atoms with Gasteiger partial charge in [-0.2, -0.15) is 0 Å². The fourth-order valence-corrected chi connectivity index (χ4v) is 3.35. The lowest BCUT2D eigenvalue weighted by Crippen LogP contribution is -2.39. The highest BCUT2D eigenvalue weighted by molar-refractivity contribution is 5.89. The second-order valence-corrected chi connectivity index (χ2v) is 6.29. The Bertz CT molecular complexity index is 664. The van der Waals surface area contributed by atoms with Crippen LogP contribution in [0, 0.1) is 0 Å². The first-order chi connectivity index (χ1) is 11.7. The fraction of sp³-hybridized carbons (Fsp3) is 0.350. The highest BCUT2D eigenvalue weighted by atomic mass is 16.5. The van der Waals surface area contributed by atoms with Gasteiger partial charge in [0.15, 0.2) is 0 Å². The van der Waals surface area contributed by atoms with Gasteiger partial charge in [0.1, 0.15) is 5.75 Å². The number of urea groups is 1. The quantitative estimate of drug-likeness (QED) is 0.867. The summed E-state index contributed by atoms with van der Waals surface area (Å²) in [6, 6.07) is 18.1. The molecule has 24 heavy (non-hydrogen) atoms. The third kappa shape index (κ3) is 4.28. The Hall–Kier alpha value is -2.49. The molecule has 1 aliphatic carbocycles. The van der Waals surface area contributed by atoms with E-state index in [0.717, 1.165) is 37.1 Å². The Balaban J connectivity index is 1.48. The van der Waals surface area contributed by atoms with Gasteiger partial charge in [-0.25, -0.2) is 4.79 Å². The SMILES string of the molecule is COc1cccc(NC(=O)NC2CCC(c3ccccc3)CC2)c1. The number of ether oxygens (including phenoxy) is 1. The van der Waals surface area contributed by atoms with Gasteiger partial charge in [0.05, 0.1) is 7.11 Å². The highest BCUT2D eigenvalue weighted by Crippen LogP contribution is 2.32. The van der Waals surface area contributed by atoms with Gasteiger partial charge in [-0.3, -0.25) is 0 Å². The molecule has 0 radical (unpaired) electrons. The summed E-state index contributed by atoms with van der Waals surface area (Å²) in [5.74, 6) is 1.35. The molecule has 2 aromatic carbocycles. The lowest BCUT2D eigenvalue weighted by molar-refractivity contribution is 0.242. The van der Waals surface area contributed by atoms with Crippen LogP contribution in [0.25, 0.3) is 0 Å². The van der Waals surface area contributed by atoms with E-state index in [0.29, 0.717) is 5.92 Å². The van der Waals surface area contributed by atoms with E-state index in [1.807, 2.05) is 24.3 Å². The van der Waals surface area contributed by atoms with Crippen LogP contribution in [0.15, 0.2) is 54.6 Å². The van der Waals surface area contributed by atoms with Crippen molar-refractivity contribution in [1.82, 2.24) is 5.32 Å². The number of benzene rings is 2. The summed E-state index contributed by atoms with van der Waals surface area (Å²) in [5.41, 5.74) is 2.15. The lowest BCUT2D eigenvalue weighted by Gasteiger charge is -2.29. The Morgan fingerprint density at radius 2 is 1.75 bits per heavy atom. The third-order valence-electron chi connectivity index (χ3n) is 4.66. The Kier molecular flexibility index (Phi) is 5.36. The zero-order chi connectivity index (χ0) is 16.8. The van der Waals surface area contributed by atoms with Gasteiger partial charge >= 0.3 is 6.03 Å². The Morgan fingerprint density at radius 1 is 1.00 bits per heavy atom. The molecule has 1 fully saturated rings. The summed E-state index contributed by atoms with van der Waals surface area (Å²) in [6.07, 6.45) is 4.28. The molecule has 1 saturated carbocycles. The number of hydrogen-bond acceptors (Lipinski definition) is 2. The van der Waals surface area contributed by atoms with E-state index in [9.17, 15) is 4.79 Å². The zero-order valence-corrected chi connectivity index (χ0v) is 14.0. The molecule has 2 N–H and O–H groups in total. The molecule has 0 aliphatic heterocycles. The van der Waals surface area contributed by atoms with Crippen molar-refractivity contribution in [1.29, 1.82) is 0 Å². The maximum atomic E-state index is 12.2. The first kappa shape index (κ1) is 16.4. The summed E-state index contributed by atoms with van der Waals surface area (Å²) in [6.45, 7) is 0. The zero-order valence-electron chi connectivity index (χ0n) is 14.0. The number of nitrogens with one attached hydrogen (secondary N) is 2. The van der Waals surface area contributed by atoms with E-state index >= 15 is 0 Å². The third-order valence-corrected chi connectivity index (χ3v) is 4.66. The summed E-state index contributed by atoms with van der Waals surface area (Å²) in [5, 5.41) is 5.96. The first-order valence-electron chi connectivity index (χ1n) is 8.51. The van der Waals surface area contributed by atoms with Crippen molar-refractivity contribution >= 4 is 11.7 Å². The van der Waals surface area contributed by atoms with Crippen molar-refractivity contribution in [3.8, 4) is 5.75 Å². The minimum absolute atomic E-state index is 0.147. The molecule has 2 amide bonds. The Morgan fingerprint density at radius 3 is 2.46 bits per heavy atom. The number of rotatable bonds is 4. The van der Waals surface area contributed by atoms with Crippen LogP contribution < -0.4 is 15.4 Å². The molecule has 1 aliphatic rings. The minimum Gasteiger partial charge on any atom is -0.497 e. The van der Waals surface area contributed by atoms with Crippen LogP contribution in [-0.2, 0) is 0 Å². The van der Waals surface area contributed by atoms with E-state index in [4.69, 9.17) is 4.74 Å². The van der Waals surface area contributed by atoms with E-state index in [2.05, 4.69) is 41.0 Å². The molecular formula is C20H24N2O2. The molecule has 0 aromatic heterocycles.